The number of rotatable bonds is 6. The van der Waals surface area contributed by atoms with Crippen molar-refractivity contribution in [1.82, 2.24) is 4.90 Å². The zero-order valence-corrected chi connectivity index (χ0v) is 13.8. The van der Waals surface area contributed by atoms with E-state index in [0.29, 0.717) is 0 Å². The molecule has 1 aromatic carbocycles. The van der Waals surface area contributed by atoms with Crippen molar-refractivity contribution in [2.45, 2.75) is 31.8 Å². The van der Waals surface area contributed by atoms with Gasteiger partial charge in [-0.05, 0) is 38.0 Å². The molecule has 1 unspecified atom stereocenters. The van der Waals surface area contributed by atoms with Gasteiger partial charge in [0.05, 0.1) is 5.75 Å². The molecule has 0 heterocycles. The Morgan fingerprint density at radius 1 is 1.35 bits per heavy atom. The summed E-state index contributed by atoms with van der Waals surface area (Å²) in [6.45, 7) is 1.66. The van der Waals surface area contributed by atoms with E-state index in [0.717, 1.165) is 43.4 Å². The maximum atomic E-state index is 13.6. The Balaban J connectivity index is 2.17. The van der Waals surface area contributed by atoms with E-state index in [2.05, 4.69) is 0 Å². The third-order valence-corrected chi connectivity index (χ3v) is 4.69. The van der Waals surface area contributed by atoms with Crippen molar-refractivity contribution in [2.75, 3.05) is 12.0 Å². The van der Waals surface area contributed by atoms with Gasteiger partial charge in [-0.3, -0.25) is 4.79 Å². The topological polar surface area (TPSA) is 54.5 Å². The molecule has 2 rings (SSSR count). The van der Waals surface area contributed by atoms with Crippen molar-refractivity contribution in [1.29, 1.82) is 0 Å². The average molecular weight is 343 g/mol. The first-order valence-corrected chi connectivity index (χ1v) is 9.37. The van der Waals surface area contributed by atoms with Crippen molar-refractivity contribution >= 4 is 21.8 Å². The molecular weight excluding hydrogens is 324 g/mol. The van der Waals surface area contributed by atoms with Crippen LogP contribution in [0, 0.1) is 11.6 Å². The molecule has 1 aromatic rings. The van der Waals surface area contributed by atoms with Gasteiger partial charge in [-0.15, -0.1) is 0 Å². The summed E-state index contributed by atoms with van der Waals surface area (Å²) >= 11 is 0. The first kappa shape index (κ1) is 17.6. The normalized spacial score (nSPS) is 16.5. The number of benzene rings is 1. The minimum absolute atomic E-state index is 0.00522. The lowest BCUT2D eigenvalue weighted by Crippen LogP contribution is -2.43. The van der Waals surface area contributed by atoms with Crippen LogP contribution in [0.2, 0.25) is 0 Å². The molecule has 7 heteroatoms. The van der Waals surface area contributed by atoms with Gasteiger partial charge in [0.25, 0.3) is 0 Å². The van der Waals surface area contributed by atoms with Crippen LogP contribution in [0.4, 0.5) is 8.78 Å². The SMILES string of the molecule is CC(CS(C)(=O)=O)N(C(=O)/C=C/c1c(F)cccc1F)C1CC1. The Kier molecular flexibility index (Phi) is 5.19. The highest BCUT2D eigenvalue weighted by Gasteiger charge is 2.35. The molecule has 0 bridgehead atoms. The second-order valence-electron chi connectivity index (χ2n) is 5.89. The van der Waals surface area contributed by atoms with E-state index in [9.17, 15) is 22.0 Å². The summed E-state index contributed by atoms with van der Waals surface area (Å²) in [5, 5.41) is 0. The van der Waals surface area contributed by atoms with Gasteiger partial charge in [-0.1, -0.05) is 6.07 Å². The van der Waals surface area contributed by atoms with Crippen LogP contribution in [0.15, 0.2) is 24.3 Å². The standard InChI is InChI=1S/C16H19F2NO3S/c1-11(10-23(2,21)22)19(12-6-7-12)16(20)9-8-13-14(17)4-3-5-15(13)18/h3-5,8-9,11-12H,6-7,10H2,1-2H3/b9-8+. The van der Waals surface area contributed by atoms with Crippen LogP contribution < -0.4 is 0 Å². The fourth-order valence-electron chi connectivity index (χ4n) is 2.54. The Hall–Kier alpha value is -1.76. The van der Waals surface area contributed by atoms with Gasteiger partial charge in [-0.2, -0.15) is 0 Å². The van der Waals surface area contributed by atoms with Crippen LogP contribution >= 0.6 is 0 Å². The number of halogens is 2. The lowest BCUT2D eigenvalue weighted by Gasteiger charge is -2.27. The number of carbonyl (C=O) groups excluding carboxylic acids is 1. The Morgan fingerprint density at radius 3 is 2.39 bits per heavy atom. The number of hydrogen-bond donors (Lipinski definition) is 0. The zero-order valence-electron chi connectivity index (χ0n) is 13.0. The molecule has 1 aliphatic carbocycles. The fourth-order valence-corrected chi connectivity index (χ4v) is 3.58. The largest absolute Gasteiger partial charge is 0.332 e. The molecule has 0 N–H and O–H groups in total. The molecule has 0 saturated heterocycles. The molecule has 126 valence electrons. The van der Waals surface area contributed by atoms with E-state index >= 15 is 0 Å². The van der Waals surface area contributed by atoms with Crippen molar-refractivity contribution in [2.24, 2.45) is 0 Å². The Morgan fingerprint density at radius 2 is 1.91 bits per heavy atom. The lowest BCUT2D eigenvalue weighted by atomic mass is 10.1. The van der Waals surface area contributed by atoms with Crippen molar-refractivity contribution < 1.29 is 22.0 Å². The van der Waals surface area contributed by atoms with E-state index < -0.39 is 33.4 Å². The Labute approximate surface area is 134 Å². The molecule has 23 heavy (non-hydrogen) atoms. The summed E-state index contributed by atoms with van der Waals surface area (Å²) in [7, 11) is -3.23. The summed E-state index contributed by atoms with van der Waals surface area (Å²) in [6, 6.07) is 2.97. The predicted molar refractivity (Wildman–Crippen MR) is 84.4 cm³/mol. The molecule has 4 nitrogen and oxygen atoms in total. The average Bonchev–Trinajstić information content (AvgIpc) is 3.20. The van der Waals surface area contributed by atoms with E-state index in [1.54, 1.807) is 6.92 Å². The van der Waals surface area contributed by atoms with Gasteiger partial charge < -0.3 is 4.90 Å². The quantitative estimate of drug-likeness (QED) is 0.746. The highest BCUT2D eigenvalue weighted by molar-refractivity contribution is 7.90. The van der Waals surface area contributed by atoms with E-state index in [1.807, 2.05) is 0 Å². The van der Waals surface area contributed by atoms with Gasteiger partial charge in [0.1, 0.15) is 21.5 Å². The number of amides is 1. The van der Waals surface area contributed by atoms with Crippen molar-refractivity contribution in [3.8, 4) is 0 Å². The fraction of sp³-hybridized carbons (Fsp3) is 0.438. The molecular formula is C16H19F2NO3S. The number of sulfone groups is 1. The summed E-state index contributed by atoms with van der Waals surface area (Å²) in [5.41, 5.74) is -0.285. The van der Waals surface area contributed by atoms with Gasteiger partial charge in [0.15, 0.2) is 0 Å². The van der Waals surface area contributed by atoms with Crippen LogP contribution in [-0.4, -0.2) is 43.3 Å². The second-order valence-corrected chi connectivity index (χ2v) is 8.07. The molecule has 0 aromatic heterocycles. The summed E-state index contributed by atoms with van der Waals surface area (Å²) in [5.74, 6) is -2.09. The third-order valence-electron chi connectivity index (χ3n) is 3.61. The van der Waals surface area contributed by atoms with Gasteiger partial charge in [-0.25, -0.2) is 17.2 Å². The van der Waals surface area contributed by atoms with Gasteiger partial charge in [0.2, 0.25) is 5.91 Å². The van der Waals surface area contributed by atoms with Crippen LogP contribution in [-0.2, 0) is 14.6 Å². The first-order chi connectivity index (χ1) is 10.7. The van der Waals surface area contributed by atoms with Crippen molar-refractivity contribution in [3.05, 3.63) is 41.5 Å². The predicted octanol–water partition coefficient (Wildman–Crippen LogP) is 2.40. The minimum atomic E-state index is -3.23. The molecule has 1 atom stereocenters. The number of carbonyl (C=O) groups is 1. The monoisotopic (exact) mass is 343 g/mol. The maximum absolute atomic E-state index is 13.6. The summed E-state index contributed by atoms with van der Waals surface area (Å²) in [6.07, 6.45) is 4.92. The van der Waals surface area contributed by atoms with Crippen molar-refractivity contribution in [3.63, 3.8) is 0 Å². The summed E-state index contributed by atoms with van der Waals surface area (Å²) in [4.78, 5) is 13.8. The first-order valence-electron chi connectivity index (χ1n) is 7.31. The van der Waals surface area contributed by atoms with Crippen LogP contribution in [0.1, 0.15) is 25.3 Å². The second kappa shape index (κ2) is 6.78. The molecule has 1 aliphatic rings. The Bertz CT molecular complexity index is 707. The van der Waals surface area contributed by atoms with E-state index in [1.165, 1.54) is 11.0 Å². The lowest BCUT2D eigenvalue weighted by molar-refractivity contribution is -0.128. The molecule has 0 radical (unpaired) electrons. The molecule has 0 spiro atoms. The molecule has 1 amide bonds. The number of nitrogens with zero attached hydrogens (tertiary/aromatic N) is 1. The highest BCUT2D eigenvalue weighted by Crippen LogP contribution is 2.29. The zero-order chi connectivity index (χ0) is 17.2. The van der Waals surface area contributed by atoms with E-state index in [4.69, 9.17) is 0 Å². The minimum Gasteiger partial charge on any atom is -0.332 e. The number of hydrogen-bond acceptors (Lipinski definition) is 3. The van der Waals surface area contributed by atoms with Crippen LogP contribution in [0.5, 0.6) is 0 Å². The van der Waals surface area contributed by atoms with Crippen LogP contribution in [0.3, 0.4) is 0 Å². The molecule has 0 aliphatic heterocycles. The van der Waals surface area contributed by atoms with E-state index in [-0.39, 0.29) is 17.4 Å². The van der Waals surface area contributed by atoms with Gasteiger partial charge in [0, 0.05) is 30.0 Å². The molecule has 1 fully saturated rings. The molecule has 1 saturated carbocycles. The maximum Gasteiger partial charge on any atom is 0.247 e. The third kappa shape index (κ3) is 4.86. The highest BCUT2D eigenvalue weighted by atomic mass is 32.2. The summed E-state index contributed by atoms with van der Waals surface area (Å²) < 4.78 is 50.0. The van der Waals surface area contributed by atoms with Gasteiger partial charge >= 0.3 is 0 Å². The smallest absolute Gasteiger partial charge is 0.247 e. The van der Waals surface area contributed by atoms with Crippen LogP contribution in [0.25, 0.3) is 6.08 Å².